The molecule has 1 aliphatic rings. The van der Waals surface area contributed by atoms with Gasteiger partial charge in [0.15, 0.2) is 18.1 Å². The quantitative estimate of drug-likeness (QED) is 0.413. The van der Waals surface area contributed by atoms with Crippen LogP contribution in [0.25, 0.3) is 10.9 Å². The van der Waals surface area contributed by atoms with Gasteiger partial charge in [-0.25, -0.2) is 5.43 Å². The Morgan fingerprint density at radius 3 is 2.71 bits per heavy atom. The summed E-state index contributed by atoms with van der Waals surface area (Å²) in [4.78, 5) is 29.8. The zero-order valence-corrected chi connectivity index (χ0v) is 19.4. The fourth-order valence-corrected chi connectivity index (χ4v) is 3.98. The van der Waals surface area contributed by atoms with Gasteiger partial charge in [-0.1, -0.05) is 18.2 Å². The van der Waals surface area contributed by atoms with Gasteiger partial charge in [0.05, 0.1) is 31.1 Å². The van der Waals surface area contributed by atoms with Gasteiger partial charge < -0.3 is 24.1 Å². The van der Waals surface area contributed by atoms with Gasteiger partial charge in [-0.3, -0.25) is 9.59 Å². The van der Waals surface area contributed by atoms with Gasteiger partial charge in [-0.05, 0) is 43.7 Å². The highest BCUT2D eigenvalue weighted by Gasteiger charge is 2.26. The molecule has 0 radical (unpaired) electrons. The molecular weight excluding hydrogens is 436 g/mol. The Kier molecular flexibility index (Phi) is 7.12. The number of nitrogens with one attached hydrogen (secondary N) is 2. The predicted octanol–water partition coefficient (Wildman–Crippen LogP) is 2.96. The number of carbonyl (C=O) groups is 2. The van der Waals surface area contributed by atoms with Crippen LogP contribution in [0.3, 0.4) is 0 Å². The van der Waals surface area contributed by atoms with E-state index in [1.807, 2.05) is 38.1 Å². The van der Waals surface area contributed by atoms with E-state index in [2.05, 4.69) is 15.5 Å². The van der Waals surface area contributed by atoms with Crippen LogP contribution in [0.15, 0.2) is 53.8 Å². The summed E-state index contributed by atoms with van der Waals surface area (Å²) in [5, 5.41) is 4.88. The smallest absolute Gasteiger partial charge is 0.273 e. The lowest BCUT2D eigenvalue weighted by atomic mass is 10.2. The second-order valence-electron chi connectivity index (χ2n) is 8.20. The van der Waals surface area contributed by atoms with E-state index in [1.54, 1.807) is 29.3 Å². The Labute approximate surface area is 197 Å². The number of para-hydroxylation sites is 1. The first kappa shape index (κ1) is 23.3. The number of carbonyl (C=O) groups excluding carboxylic acids is 2. The van der Waals surface area contributed by atoms with Crippen molar-refractivity contribution in [3.8, 4) is 11.5 Å². The van der Waals surface area contributed by atoms with Crippen LogP contribution in [0, 0.1) is 0 Å². The van der Waals surface area contributed by atoms with Crippen LogP contribution in [0.5, 0.6) is 11.5 Å². The summed E-state index contributed by atoms with van der Waals surface area (Å²) in [5.74, 6) is 0.495. The fraction of sp³-hybridized carbons (Fsp3) is 0.320. The van der Waals surface area contributed by atoms with Crippen molar-refractivity contribution in [2.75, 3.05) is 26.8 Å². The third kappa shape index (κ3) is 5.37. The molecule has 0 saturated carbocycles. The molecule has 178 valence electrons. The molecule has 0 spiro atoms. The van der Waals surface area contributed by atoms with Gasteiger partial charge >= 0.3 is 0 Å². The van der Waals surface area contributed by atoms with Crippen molar-refractivity contribution in [3.63, 3.8) is 0 Å². The van der Waals surface area contributed by atoms with Crippen molar-refractivity contribution in [3.05, 3.63) is 59.8 Å². The Hall–Kier alpha value is -3.85. The molecule has 2 aromatic carbocycles. The molecule has 3 aromatic rings. The number of hydrogen-bond acceptors (Lipinski definition) is 6. The number of aromatic nitrogens is 1. The van der Waals surface area contributed by atoms with Gasteiger partial charge in [0.1, 0.15) is 0 Å². The zero-order chi connectivity index (χ0) is 24.1. The van der Waals surface area contributed by atoms with Gasteiger partial charge in [-0.2, -0.15) is 5.10 Å². The molecule has 2 N–H and O–H groups in total. The largest absolute Gasteiger partial charge is 0.493 e. The normalized spacial score (nSPS) is 18.3. The van der Waals surface area contributed by atoms with Crippen molar-refractivity contribution in [2.45, 2.75) is 26.1 Å². The predicted molar refractivity (Wildman–Crippen MR) is 128 cm³/mol. The highest BCUT2D eigenvalue weighted by molar-refractivity contribution is 6.06. The molecule has 1 aliphatic heterocycles. The molecule has 9 nitrogen and oxygen atoms in total. The van der Waals surface area contributed by atoms with Gasteiger partial charge in [-0.15, -0.1) is 0 Å². The molecule has 2 unspecified atom stereocenters. The van der Waals surface area contributed by atoms with Crippen LogP contribution < -0.4 is 14.9 Å². The number of nitrogens with zero attached hydrogens (tertiary/aromatic N) is 2. The van der Waals surface area contributed by atoms with Gasteiger partial charge in [0.2, 0.25) is 0 Å². The van der Waals surface area contributed by atoms with Gasteiger partial charge in [0.25, 0.3) is 11.8 Å². The maximum atomic E-state index is 12.6. The maximum absolute atomic E-state index is 12.6. The van der Waals surface area contributed by atoms with E-state index in [0.717, 1.165) is 10.9 Å². The average molecular weight is 465 g/mol. The standard InChI is InChI=1S/C25H28N4O5/c1-16-13-29(14-17(2)34-16)24(30)15-33-22-9-8-18(10-23(22)32-3)11-27-28-25(31)20-12-26-21-7-5-4-6-19(20)21/h4-12,16-17,26H,13-15H2,1-3H3,(H,28,31)/b27-11+. The average Bonchev–Trinajstić information content (AvgIpc) is 3.26. The van der Waals surface area contributed by atoms with Crippen molar-refractivity contribution < 1.29 is 23.8 Å². The van der Waals surface area contributed by atoms with E-state index in [0.29, 0.717) is 35.7 Å². The van der Waals surface area contributed by atoms with Crippen LogP contribution in [0.4, 0.5) is 0 Å². The number of hydrazone groups is 1. The summed E-state index contributed by atoms with van der Waals surface area (Å²) in [6.45, 7) is 4.89. The number of hydrogen-bond donors (Lipinski definition) is 2. The molecule has 2 heterocycles. The molecule has 1 aromatic heterocycles. The summed E-state index contributed by atoms with van der Waals surface area (Å²) in [6, 6.07) is 12.8. The number of benzene rings is 2. The third-order valence-electron chi connectivity index (χ3n) is 5.52. The lowest BCUT2D eigenvalue weighted by molar-refractivity contribution is -0.145. The molecule has 4 rings (SSSR count). The van der Waals surface area contributed by atoms with Crippen LogP contribution in [0.1, 0.15) is 29.8 Å². The number of rotatable bonds is 7. The first-order chi connectivity index (χ1) is 16.4. The van der Waals surface area contributed by atoms with Crippen molar-refractivity contribution in [2.24, 2.45) is 5.10 Å². The highest BCUT2D eigenvalue weighted by Crippen LogP contribution is 2.27. The van der Waals surface area contributed by atoms with Crippen molar-refractivity contribution in [1.82, 2.24) is 15.3 Å². The lowest BCUT2D eigenvalue weighted by Gasteiger charge is -2.35. The Morgan fingerprint density at radius 1 is 1.18 bits per heavy atom. The zero-order valence-electron chi connectivity index (χ0n) is 19.4. The summed E-state index contributed by atoms with van der Waals surface area (Å²) in [6.07, 6.45) is 3.17. The fourth-order valence-electron chi connectivity index (χ4n) is 3.98. The third-order valence-corrected chi connectivity index (χ3v) is 5.52. The van der Waals surface area contributed by atoms with E-state index < -0.39 is 0 Å². The molecular formula is C25H28N4O5. The van der Waals surface area contributed by atoms with Crippen LogP contribution in [0.2, 0.25) is 0 Å². The molecule has 2 amide bonds. The van der Waals surface area contributed by atoms with Crippen molar-refractivity contribution in [1.29, 1.82) is 0 Å². The van der Waals surface area contributed by atoms with E-state index in [-0.39, 0.29) is 30.6 Å². The second kappa shape index (κ2) is 10.4. The lowest BCUT2D eigenvalue weighted by Crippen LogP contribution is -2.49. The molecule has 34 heavy (non-hydrogen) atoms. The highest BCUT2D eigenvalue weighted by atomic mass is 16.5. The minimum absolute atomic E-state index is 0.00253. The number of amides is 2. The molecule has 0 aliphatic carbocycles. The molecule has 1 saturated heterocycles. The summed E-state index contributed by atoms with van der Waals surface area (Å²) in [7, 11) is 1.52. The number of morpholine rings is 1. The number of fused-ring (bicyclic) bond motifs is 1. The minimum Gasteiger partial charge on any atom is -0.493 e. The maximum Gasteiger partial charge on any atom is 0.273 e. The number of ether oxygens (including phenoxy) is 3. The van der Waals surface area contributed by atoms with E-state index in [1.165, 1.54) is 13.3 Å². The summed E-state index contributed by atoms with van der Waals surface area (Å²) >= 11 is 0. The summed E-state index contributed by atoms with van der Waals surface area (Å²) in [5.41, 5.74) is 4.64. The molecule has 2 atom stereocenters. The van der Waals surface area contributed by atoms with Crippen LogP contribution in [-0.4, -0.2) is 66.9 Å². The number of aromatic amines is 1. The van der Waals surface area contributed by atoms with E-state index in [4.69, 9.17) is 14.2 Å². The minimum atomic E-state index is -0.314. The Morgan fingerprint density at radius 2 is 1.94 bits per heavy atom. The van der Waals surface area contributed by atoms with E-state index >= 15 is 0 Å². The van der Waals surface area contributed by atoms with Crippen LogP contribution >= 0.6 is 0 Å². The van der Waals surface area contributed by atoms with Gasteiger partial charge in [0, 0.05) is 30.2 Å². The number of methoxy groups -OCH3 is 1. The molecule has 0 bridgehead atoms. The first-order valence-corrected chi connectivity index (χ1v) is 11.1. The van der Waals surface area contributed by atoms with E-state index in [9.17, 15) is 9.59 Å². The molecule has 9 heteroatoms. The monoisotopic (exact) mass is 464 g/mol. The summed E-state index contributed by atoms with van der Waals surface area (Å²) < 4.78 is 16.8. The molecule has 1 fully saturated rings. The van der Waals surface area contributed by atoms with Crippen molar-refractivity contribution >= 4 is 28.9 Å². The first-order valence-electron chi connectivity index (χ1n) is 11.1. The van der Waals surface area contributed by atoms with Crippen LogP contribution in [-0.2, 0) is 9.53 Å². The number of H-pyrrole nitrogens is 1. The Bertz CT molecular complexity index is 1190. The second-order valence-corrected chi connectivity index (χ2v) is 8.20. The topological polar surface area (TPSA) is 105 Å². The SMILES string of the molecule is COc1cc(/C=N/NC(=O)c2c[nH]c3ccccc23)ccc1OCC(=O)N1CC(C)OC(C)C1. The Balaban J connectivity index is 1.35.